The lowest BCUT2D eigenvalue weighted by Gasteiger charge is -2.43. The molecule has 3 aliphatic rings. The molecule has 1 unspecified atom stereocenters. The van der Waals surface area contributed by atoms with Gasteiger partial charge in [0, 0.05) is 37.2 Å². The molecule has 2 saturated carbocycles. The third kappa shape index (κ3) is 2.73. The van der Waals surface area contributed by atoms with Crippen molar-refractivity contribution in [2.45, 2.75) is 65.0 Å². The molecular weight excluding hydrogens is 340 g/mol. The van der Waals surface area contributed by atoms with Gasteiger partial charge in [0.2, 0.25) is 0 Å². The van der Waals surface area contributed by atoms with E-state index in [9.17, 15) is 19.5 Å². The number of aliphatic hydroxyl groups is 1. The van der Waals surface area contributed by atoms with Crippen molar-refractivity contribution < 1.29 is 33.7 Å². The van der Waals surface area contributed by atoms with Crippen LogP contribution in [0.1, 0.15) is 40.5 Å². The summed E-state index contributed by atoms with van der Waals surface area (Å²) in [6.07, 6.45) is -1.80. The lowest BCUT2D eigenvalue weighted by molar-refractivity contribution is -0.170. The molecule has 26 heavy (non-hydrogen) atoms. The van der Waals surface area contributed by atoms with E-state index in [1.54, 1.807) is 0 Å². The maximum Gasteiger partial charge on any atom is 0.334 e. The fraction of sp³-hybridized carbons (Fsp3) is 0.737. The minimum atomic E-state index is -0.887. The fourth-order valence-corrected chi connectivity index (χ4v) is 5.44. The number of carbonyl (C=O) groups excluding carboxylic acids is 3. The van der Waals surface area contributed by atoms with E-state index in [1.807, 2.05) is 13.8 Å². The Morgan fingerprint density at radius 3 is 2.42 bits per heavy atom. The highest BCUT2D eigenvalue weighted by Crippen LogP contribution is 2.58. The Labute approximate surface area is 152 Å². The molecule has 7 nitrogen and oxygen atoms in total. The first-order valence-electron chi connectivity index (χ1n) is 8.99. The van der Waals surface area contributed by atoms with Crippen molar-refractivity contribution in [2.75, 3.05) is 0 Å². The van der Waals surface area contributed by atoms with E-state index in [0.29, 0.717) is 6.42 Å². The van der Waals surface area contributed by atoms with Crippen LogP contribution in [-0.2, 0) is 28.6 Å². The molecule has 0 spiro atoms. The lowest BCUT2D eigenvalue weighted by atomic mass is 9.66. The normalized spacial score (nSPS) is 44.6. The monoisotopic (exact) mass is 366 g/mol. The second kappa shape index (κ2) is 6.37. The summed E-state index contributed by atoms with van der Waals surface area (Å²) in [5.41, 5.74) is -0.625. The van der Waals surface area contributed by atoms with Crippen molar-refractivity contribution in [3.8, 4) is 0 Å². The minimum absolute atomic E-state index is 0.0201. The van der Waals surface area contributed by atoms with Gasteiger partial charge in [0.15, 0.2) is 0 Å². The Morgan fingerprint density at radius 1 is 1.23 bits per heavy atom. The van der Waals surface area contributed by atoms with Gasteiger partial charge in [-0.15, -0.1) is 0 Å². The van der Waals surface area contributed by atoms with Crippen LogP contribution in [0.3, 0.4) is 0 Å². The summed E-state index contributed by atoms with van der Waals surface area (Å²) in [5, 5.41) is 10.9. The number of fused-ring (bicyclic) bond motifs is 2. The van der Waals surface area contributed by atoms with Crippen LogP contribution in [-0.4, -0.2) is 47.4 Å². The van der Waals surface area contributed by atoms with E-state index in [1.165, 1.54) is 13.8 Å². The van der Waals surface area contributed by atoms with Crippen LogP contribution in [0, 0.1) is 23.2 Å². The summed E-state index contributed by atoms with van der Waals surface area (Å²) in [6.45, 7) is 10.3. The predicted octanol–water partition coefficient (Wildman–Crippen LogP) is 1.37. The van der Waals surface area contributed by atoms with E-state index >= 15 is 0 Å². The van der Waals surface area contributed by atoms with Gasteiger partial charge in [0.1, 0.15) is 18.3 Å². The predicted molar refractivity (Wildman–Crippen MR) is 89.6 cm³/mol. The molecule has 144 valence electrons. The Morgan fingerprint density at radius 2 is 1.85 bits per heavy atom. The molecule has 0 aromatic rings. The van der Waals surface area contributed by atoms with Gasteiger partial charge in [-0.1, -0.05) is 20.4 Å². The topological polar surface area (TPSA) is 99.1 Å². The molecule has 2 aliphatic carbocycles. The molecule has 0 aromatic carbocycles. The smallest absolute Gasteiger partial charge is 0.334 e. The van der Waals surface area contributed by atoms with Gasteiger partial charge >= 0.3 is 17.9 Å². The van der Waals surface area contributed by atoms with Gasteiger partial charge in [0.25, 0.3) is 0 Å². The molecule has 3 fully saturated rings. The van der Waals surface area contributed by atoms with E-state index < -0.39 is 53.7 Å². The summed E-state index contributed by atoms with van der Waals surface area (Å²) in [6, 6.07) is 0. The molecule has 0 aromatic heterocycles. The van der Waals surface area contributed by atoms with Crippen molar-refractivity contribution in [1.82, 2.24) is 0 Å². The van der Waals surface area contributed by atoms with Crippen LogP contribution in [0.5, 0.6) is 0 Å². The number of hydrogen-bond donors (Lipinski definition) is 1. The third-order valence-electron chi connectivity index (χ3n) is 6.38. The molecule has 3 rings (SSSR count). The Bertz CT molecular complexity index is 656. The molecule has 1 saturated heterocycles. The summed E-state index contributed by atoms with van der Waals surface area (Å²) in [4.78, 5) is 35.5. The summed E-state index contributed by atoms with van der Waals surface area (Å²) >= 11 is 0. The van der Waals surface area contributed by atoms with Gasteiger partial charge in [-0.25, -0.2) is 4.79 Å². The molecule has 0 bridgehead atoms. The van der Waals surface area contributed by atoms with Crippen molar-refractivity contribution in [3.05, 3.63) is 12.2 Å². The number of carbonyl (C=O) groups is 3. The maximum absolute atomic E-state index is 12.1. The van der Waals surface area contributed by atoms with Crippen LogP contribution in [0.15, 0.2) is 12.2 Å². The first-order chi connectivity index (χ1) is 12.1. The van der Waals surface area contributed by atoms with E-state index in [4.69, 9.17) is 14.2 Å². The van der Waals surface area contributed by atoms with Gasteiger partial charge in [0.05, 0.1) is 12.0 Å². The van der Waals surface area contributed by atoms with Crippen molar-refractivity contribution >= 4 is 17.9 Å². The Kier molecular flexibility index (Phi) is 4.63. The molecule has 1 aliphatic heterocycles. The van der Waals surface area contributed by atoms with Crippen LogP contribution >= 0.6 is 0 Å². The summed E-state index contributed by atoms with van der Waals surface area (Å²) < 4.78 is 16.6. The van der Waals surface area contributed by atoms with Crippen LogP contribution in [0.4, 0.5) is 0 Å². The SMILES string of the molecule is C=C1C(=O)O[C@H]2C[C@@H](C)C3[C@@H](OC(C)=O)C[C@H](O)[C@@]3(C)[C@@H](OC(C)=O)[C@H]12. The average Bonchev–Trinajstić information content (AvgIpc) is 2.88. The lowest BCUT2D eigenvalue weighted by Crippen LogP contribution is -2.51. The van der Waals surface area contributed by atoms with Crippen LogP contribution in [0.25, 0.3) is 0 Å². The van der Waals surface area contributed by atoms with E-state index in [2.05, 4.69) is 6.58 Å². The highest BCUT2D eigenvalue weighted by Gasteiger charge is 2.66. The van der Waals surface area contributed by atoms with Crippen LogP contribution < -0.4 is 0 Å². The first kappa shape index (κ1) is 18.9. The average molecular weight is 366 g/mol. The zero-order valence-electron chi connectivity index (χ0n) is 15.6. The molecule has 0 radical (unpaired) electrons. The number of hydrogen-bond acceptors (Lipinski definition) is 7. The first-order valence-corrected chi connectivity index (χ1v) is 8.99. The van der Waals surface area contributed by atoms with Crippen molar-refractivity contribution in [1.29, 1.82) is 0 Å². The van der Waals surface area contributed by atoms with E-state index in [0.717, 1.165) is 0 Å². The summed E-state index contributed by atoms with van der Waals surface area (Å²) in [5.74, 6) is -2.18. The molecule has 8 atom stereocenters. The number of rotatable bonds is 2. The molecule has 7 heteroatoms. The zero-order chi connectivity index (χ0) is 19.4. The quantitative estimate of drug-likeness (QED) is 0.448. The standard InChI is InChI=1S/C19H26O7/c1-8-6-12-15(9(2)18(23)26-12)17(25-11(4)21)19(5)14(22)7-13(16(8)19)24-10(3)20/h8,12-17,22H,2,6-7H2,1,3-5H3/t8-,12+,13+,14+,15-,16?,17+,19-/m1/s1. The highest BCUT2D eigenvalue weighted by atomic mass is 16.6. The number of ether oxygens (including phenoxy) is 3. The van der Waals surface area contributed by atoms with Gasteiger partial charge in [-0.05, 0) is 12.3 Å². The second-order valence-corrected chi connectivity index (χ2v) is 8.03. The second-order valence-electron chi connectivity index (χ2n) is 8.03. The minimum Gasteiger partial charge on any atom is -0.462 e. The summed E-state index contributed by atoms with van der Waals surface area (Å²) in [7, 11) is 0. The highest BCUT2D eigenvalue weighted by molar-refractivity contribution is 5.91. The Balaban J connectivity index is 2.10. The van der Waals surface area contributed by atoms with Crippen molar-refractivity contribution in [2.24, 2.45) is 23.2 Å². The molecular formula is C19H26O7. The molecule has 0 amide bonds. The van der Waals surface area contributed by atoms with Gasteiger partial charge in [-0.3, -0.25) is 9.59 Å². The largest absolute Gasteiger partial charge is 0.462 e. The van der Waals surface area contributed by atoms with Crippen molar-refractivity contribution in [3.63, 3.8) is 0 Å². The maximum atomic E-state index is 12.1. The van der Waals surface area contributed by atoms with Crippen LogP contribution in [0.2, 0.25) is 0 Å². The molecule has 1 heterocycles. The third-order valence-corrected chi connectivity index (χ3v) is 6.38. The van der Waals surface area contributed by atoms with E-state index in [-0.39, 0.29) is 23.8 Å². The Hall–Kier alpha value is -1.89. The zero-order valence-corrected chi connectivity index (χ0v) is 15.6. The number of aliphatic hydroxyl groups excluding tert-OH is 1. The fourth-order valence-electron chi connectivity index (χ4n) is 5.44. The number of esters is 3. The molecule has 1 N–H and O–H groups in total. The van der Waals surface area contributed by atoms with Gasteiger partial charge < -0.3 is 19.3 Å². The van der Waals surface area contributed by atoms with Gasteiger partial charge in [-0.2, -0.15) is 0 Å².